The van der Waals surface area contributed by atoms with E-state index in [1.54, 1.807) is 30.3 Å². The van der Waals surface area contributed by atoms with Crippen LogP contribution in [0.15, 0.2) is 55.8 Å². The number of aromatic carboxylic acids is 1. The van der Waals surface area contributed by atoms with Crippen molar-refractivity contribution < 1.29 is 19.4 Å². The normalized spacial score (nSPS) is 10.7. The Morgan fingerprint density at radius 1 is 1.16 bits per heavy atom. The molecule has 0 saturated heterocycles. The second kappa shape index (κ2) is 5.13. The fourth-order valence-electron chi connectivity index (χ4n) is 1.25. The summed E-state index contributed by atoms with van der Waals surface area (Å²) >= 11 is 0. The van der Waals surface area contributed by atoms with Crippen LogP contribution in [-0.2, 0) is 0 Å². The Balaban J connectivity index is 2.43. The fraction of sp³-hybridized carbons (Fsp3) is 0. The molecule has 0 atom stereocenters. The number of carbonyl (C=O) groups is 1. The molecular formula is C12H8N2O5. The first-order valence-corrected chi connectivity index (χ1v) is 5.15. The summed E-state index contributed by atoms with van der Waals surface area (Å²) in [5.74, 6) is -3.39. The van der Waals surface area contributed by atoms with E-state index in [1.165, 1.54) is 0 Å². The van der Waals surface area contributed by atoms with Crippen molar-refractivity contribution in [1.82, 2.24) is 0 Å². The summed E-state index contributed by atoms with van der Waals surface area (Å²) in [4.78, 5) is 22.0. The van der Waals surface area contributed by atoms with Gasteiger partial charge in [-0.25, -0.2) is 4.79 Å². The van der Waals surface area contributed by atoms with E-state index in [1.807, 2.05) is 0 Å². The van der Waals surface area contributed by atoms with Crippen LogP contribution in [0.2, 0.25) is 0 Å². The number of hydrogen-bond acceptors (Lipinski definition) is 6. The molecule has 2 N–H and O–H groups in total. The smallest absolute Gasteiger partial charge is 0.372 e. The number of carboxylic acid groups (broad SMARTS) is 1. The molecule has 7 nitrogen and oxygen atoms in total. The Kier molecular flexibility index (Phi) is 3.37. The molecule has 0 aliphatic rings. The molecule has 2 aromatic rings. The standard InChI is InChI=1S/C12H8N2O5/c15-8-6-9(12(17)18)19-11(10(8)16)14-13-7-4-2-1-3-5-7/h1-6,16H,(H,17,18). The Morgan fingerprint density at radius 2 is 1.84 bits per heavy atom. The van der Waals surface area contributed by atoms with Crippen LogP contribution in [-0.4, -0.2) is 16.2 Å². The Morgan fingerprint density at radius 3 is 2.47 bits per heavy atom. The summed E-state index contributed by atoms with van der Waals surface area (Å²) in [5.41, 5.74) is -0.434. The van der Waals surface area contributed by atoms with Gasteiger partial charge in [-0.2, -0.15) is 0 Å². The van der Waals surface area contributed by atoms with E-state index < -0.39 is 28.8 Å². The minimum absolute atomic E-state index is 0.463. The van der Waals surface area contributed by atoms with Crippen LogP contribution < -0.4 is 5.43 Å². The van der Waals surface area contributed by atoms with Crippen LogP contribution in [0.4, 0.5) is 11.6 Å². The van der Waals surface area contributed by atoms with Crippen molar-refractivity contribution in [3.8, 4) is 5.75 Å². The lowest BCUT2D eigenvalue weighted by Gasteiger charge is -1.98. The fourth-order valence-corrected chi connectivity index (χ4v) is 1.25. The predicted molar refractivity (Wildman–Crippen MR) is 64.2 cm³/mol. The molecule has 0 aliphatic heterocycles. The highest BCUT2D eigenvalue weighted by atomic mass is 16.4. The van der Waals surface area contributed by atoms with Gasteiger partial charge in [0.2, 0.25) is 16.9 Å². The predicted octanol–water partition coefficient (Wildman–Crippen LogP) is 2.46. The Bertz CT molecular complexity index is 691. The number of rotatable bonds is 3. The number of benzene rings is 1. The minimum Gasteiger partial charge on any atom is -0.500 e. The second-order valence-corrected chi connectivity index (χ2v) is 3.47. The molecule has 0 aliphatic carbocycles. The molecule has 0 radical (unpaired) electrons. The van der Waals surface area contributed by atoms with E-state index in [-0.39, 0.29) is 0 Å². The molecule has 7 heteroatoms. The van der Waals surface area contributed by atoms with Crippen molar-refractivity contribution in [3.05, 3.63) is 52.4 Å². The summed E-state index contributed by atoms with van der Waals surface area (Å²) in [6, 6.07) is 9.16. The molecule has 1 aromatic heterocycles. The SMILES string of the molecule is O=C(O)c1cc(=O)c(O)c(N=Nc2ccccc2)o1. The minimum atomic E-state index is -1.44. The quantitative estimate of drug-likeness (QED) is 0.823. The molecule has 0 fully saturated rings. The molecule has 0 unspecified atom stereocenters. The van der Waals surface area contributed by atoms with Gasteiger partial charge in [0, 0.05) is 6.07 Å². The first-order chi connectivity index (χ1) is 9.08. The van der Waals surface area contributed by atoms with Crippen molar-refractivity contribution in [1.29, 1.82) is 0 Å². The van der Waals surface area contributed by atoms with E-state index in [2.05, 4.69) is 10.2 Å². The number of nitrogens with zero attached hydrogens (tertiary/aromatic N) is 2. The van der Waals surface area contributed by atoms with Gasteiger partial charge in [-0.05, 0) is 12.1 Å². The van der Waals surface area contributed by atoms with Crippen molar-refractivity contribution in [2.45, 2.75) is 0 Å². The van der Waals surface area contributed by atoms with Crippen LogP contribution in [0.25, 0.3) is 0 Å². The van der Waals surface area contributed by atoms with Gasteiger partial charge in [0.1, 0.15) is 0 Å². The summed E-state index contributed by atoms with van der Waals surface area (Å²) in [6.07, 6.45) is 0. The van der Waals surface area contributed by atoms with Gasteiger partial charge in [-0.3, -0.25) is 4.79 Å². The zero-order valence-corrected chi connectivity index (χ0v) is 9.48. The molecule has 96 valence electrons. The lowest BCUT2D eigenvalue weighted by Crippen LogP contribution is -2.05. The molecular weight excluding hydrogens is 252 g/mol. The zero-order valence-electron chi connectivity index (χ0n) is 9.48. The van der Waals surface area contributed by atoms with Gasteiger partial charge >= 0.3 is 5.97 Å². The second-order valence-electron chi connectivity index (χ2n) is 3.47. The van der Waals surface area contributed by atoms with E-state index in [9.17, 15) is 14.7 Å². The van der Waals surface area contributed by atoms with E-state index >= 15 is 0 Å². The van der Waals surface area contributed by atoms with Crippen LogP contribution in [0, 0.1) is 0 Å². The maximum Gasteiger partial charge on any atom is 0.372 e. The lowest BCUT2D eigenvalue weighted by molar-refractivity contribution is 0.0660. The molecule has 0 bridgehead atoms. The molecule has 1 heterocycles. The topological polar surface area (TPSA) is 112 Å². The molecule has 1 aromatic carbocycles. The van der Waals surface area contributed by atoms with E-state index in [4.69, 9.17) is 9.52 Å². The monoisotopic (exact) mass is 260 g/mol. The number of carboxylic acids is 1. The summed E-state index contributed by atoms with van der Waals surface area (Å²) < 4.78 is 4.76. The van der Waals surface area contributed by atoms with Crippen molar-refractivity contribution in [2.24, 2.45) is 10.2 Å². The Hall–Kier alpha value is -2.96. The van der Waals surface area contributed by atoms with Gasteiger partial charge in [-0.1, -0.05) is 18.2 Å². The molecule has 0 spiro atoms. The Labute approximate surface area is 106 Å². The highest BCUT2D eigenvalue weighted by Crippen LogP contribution is 2.25. The maximum absolute atomic E-state index is 11.3. The van der Waals surface area contributed by atoms with Crippen LogP contribution in [0.1, 0.15) is 10.6 Å². The largest absolute Gasteiger partial charge is 0.500 e. The average molecular weight is 260 g/mol. The molecule has 19 heavy (non-hydrogen) atoms. The highest BCUT2D eigenvalue weighted by Gasteiger charge is 2.15. The third kappa shape index (κ3) is 2.83. The van der Waals surface area contributed by atoms with Crippen molar-refractivity contribution in [3.63, 3.8) is 0 Å². The van der Waals surface area contributed by atoms with Gasteiger partial charge in [0.25, 0.3) is 5.88 Å². The van der Waals surface area contributed by atoms with Crippen molar-refractivity contribution >= 4 is 17.5 Å². The molecule has 2 rings (SSSR count). The van der Waals surface area contributed by atoms with Crippen LogP contribution in [0.3, 0.4) is 0 Å². The molecule has 0 saturated carbocycles. The number of azo groups is 1. The molecule has 0 amide bonds. The third-order valence-electron chi connectivity index (χ3n) is 2.13. The van der Waals surface area contributed by atoms with Gasteiger partial charge < -0.3 is 14.6 Å². The van der Waals surface area contributed by atoms with E-state index in [0.717, 1.165) is 0 Å². The number of hydrogen-bond donors (Lipinski definition) is 2. The first kappa shape index (κ1) is 12.5. The van der Waals surface area contributed by atoms with Crippen LogP contribution >= 0.6 is 0 Å². The van der Waals surface area contributed by atoms with Gasteiger partial charge in [-0.15, -0.1) is 10.2 Å². The van der Waals surface area contributed by atoms with Gasteiger partial charge in [0.05, 0.1) is 5.69 Å². The first-order valence-electron chi connectivity index (χ1n) is 5.15. The third-order valence-corrected chi connectivity index (χ3v) is 2.13. The van der Waals surface area contributed by atoms with Gasteiger partial charge in [0.15, 0.2) is 0 Å². The highest BCUT2D eigenvalue weighted by molar-refractivity contribution is 5.84. The van der Waals surface area contributed by atoms with E-state index in [0.29, 0.717) is 11.8 Å². The zero-order chi connectivity index (χ0) is 13.8. The summed E-state index contributed by atoms with van der Waals surface area (Å²) in [5, 5.41) is 25.4. The summed E-state index contributed by atoms with van der Waals surface area (Å²) in [7, 11) is 0. The summed E-state index contributed by atoms with van der Waals surface area (Å²) in [6.45, 7) is 0. The average Bonchev–Trinajstić information content (AvgIpc) is 2.41. The lowest BCUT2D eigenvalue weighted by atomic mass is 10.3. The maximum atomic E-state index is 11.3. The number of aromatic hydroxyl groups is 1. The van der Waals surface area contributed by atoms with Crippen LogP contribution in [0.5, 0.6) is 5.75 Å². The van der Waals surface area contributed by atoms with Crippen molar-refractivity contribution in [2.75, 3.05) is 0 Å².